The molecule has 0 fully saturated rings. The molecule has 0 aliphatic carbocycles. The molecule has 0 bridgehead atoms. The minimum atomic E-state index is -4.82. The van der Waals surface area contributed by atoms with E-state index < -0.39 is 13.4 Å². The largest absolute Gasteiger partial charge is 1.00 e. The van der Waals surface area contributed by atoms with Crippen LogP contribution in [0.2, 0.25) is 0 Å². The minimum Gasteiger partial charge on any atom is -0.494 e. The summed E-state index contributed by atoms with van der Waals surface area (Å²) in [5, 5.41) is 0.767. The van der Waals surface area contributed by atoms with Crippen LogP contribution in [0.4, 0.5) is 12.9 Å². The van der Waals surface area contributed by atoms with Crippen LogP contribution in [0.25, 0.3) is 10.9 Å². The maximum atomic E-state index is 12.4. The van der Waals surface area contributed by atoms with Gasteiger partial charge in [0.25, 0.3) is 0 Å². The van der Waals surface area contributed by atoms with Crippen molar-refractivity contribution in [1.82, 2.24) is 4.57 Å². The van der Waals surface area contributed by atoms with Crippen molar-refractivity contribution in [3.05, 3.63) is 30.5 Å². The van der Waals surface area contributed by atoms with Gasteiger partial charge < -0.3 is 22.3 Å². The van der Waals surface area contributed by atoms with Gasteiger partial charge in [0, 0.05) is 17.1 Å². The van der Waals surface area contributed by atoms with Crippen LogP contribution in [0.5, 0.6) is 5.75 Å². The molecule has 0 radical (unpaired) electrons. The van der Waals surface area contributed by atoms with Gasteiger partial charge in [-0.2, -0.15) is 0 Å². The van der Waals surface area contributed by atoms with Crippen LogP contribution in [0.1, 0.15) is 13.3 Å². The van der Waals surface area contributed by atoms with E-state index in [9.17, 15) is 12.9 Å². The topological polar surface area (TPSA) is 14.2 Å². The average Bonchev–Trinajstić information content (AvgIpc) is 2.67. The van der Waals surface area contributed by atoms with Gasteiger partial charge in [0.15, 0.2) is 0 Å². The Balaban J connectivity index is 0.00000180. The average molecular weight is 295 g/mol. The first kappa shape index (κ1) is 17.1. The van der Waals surface area contributed by atoms with Crippen molar-refractivity contribution in [3.63, 3.8) is 0 Å². The molecule has 0 saturated carbocycles. The molecule has 2 nitrogen and oxygen atoms in total. The van der Waals surface area contributed by atoms with Gasteiger partial charge >= 0.3 is 58.4 Å². The second-order valence-electron chi connectivity index (χ2n) is 4.25. The van der Waals surface area contributed by atoms with Gasteiger partial charge in [-0.05, 0) is 37.1 Å². The molecule has 0 unspecified atom stereocenters. The minimum absolute atomic E-state index is 0. The summed E-state index contributed by atoms with van der Waals surface area (Å²) in [7, 11) is 0. The fourth-order valence-corrected chi connectivity index (χ4v) is 1.87. The van der Waals surface area contributed by atoms with E-state index in [2.05, 4.69) is 0 Å². The van der Waals surface area contributed by atoms with E-state index in [1.54, 1.807) is 24.3 Å². The third-order valence-electron chi connectivity index (χ3n) is 2.62. The van der Waals surface area contributed by atoms with Crippen molar-refractivity contribution in [2.75, 3.05) is 6.61 Å². The summed E-state index contributed by atoms with van der Waals surface area (Å²) in [6.45, 7) is -2.22. The van der Waals surface area contributed by atoms with Gasteiger partial charge in [0.05, 0.1) is 6.61 Å². The molecule has 0 aliphatic heterocycles. The van der Waals surface area contributed by atoms with Crippen LogP contribution in [-0.4, -0.2) is 18.2 Å². The zero-order chi connectivity index (χ0) is 13.2. The molecule has 1 aromatic heterocycles. The first-order valence-corrected chi connectivity index (χ1v) is 5.92. The van der Waals surface area contributed by atoms with E-state index >= 15 is 0 Å². The third-order valence-corrected chi connectivity index (χ3v) is 2.62. The normalized spacial score (nSPS) is 11.4. The molecule has 0 atom stereocenters. The van der Waals surface area contributed by atoms with Crippen LogP contribution in [0, 0.1) is 0 Å². The smallest absolute Gasteiger partial charge is 0.494 e. The Morgan fingerprint density at radius 3 is 2.58 bits per heavy atom. The molecule has 19 heavy (non-hydrogen) atoms. The zero-order valence-corrected chi connectivity index (χ0v) is 14.2. The number of hydrogen-bond donors (Lipinski definition) is 0. The second kappa shape index (κ2) is 7.17. The first-order valence-electron chi connectivity index (χ1n) is 5.92. The van der Waals surface area contributed by atoms with Gasteiger partial charge in [0.1, 0.15) is 5.75 Å². The van der Waals surface area contributed by atoms with Crippen LogP contribution in [-0.2, 0) is 6.44 Å². The predicted molar refractivity (Wildman–Crippen MR) is 66.8 cm³/mol. The molecule has 0 N–H and O–H groups in total. The monoisotopic (exact) mass is 295 g/mol. The number of fused-ring (bicyclic) bond motifs is 1. The Labute approximate surface area is 152 Å². The molecule has 2 rings (SSSR count). The molecule has 98 valence electrons. The predicted octanol–water partition coefficient (Wildman–Crippen LogP) is 0.821. The first-order chi connectivity index (χ1) is 8.49. The van der Waals surface area contributed by atoms with Crippen molar-refractivity contribution < 1.29 is 69.1 Å². The van der Waals surface area contributed by atoms with Gasteiger partial charge in [-0.1, -0.05) is 6.92 Å². The summed E-state index contributed by atoms with van der Waals surface area (Å²) < 4.78 is 43.9. The van der Waals surface area contributed by atoms with E-state index in [0.29, 0.717) is 17.9 Å². The van der Waals surface area contributed by atoms with E-state index in [1.165, 1.54) is 10.8 Å². The summed E-state index contributed by atoms with van der Waals surface area (Å²) in [5.74, 6) is 0.694. The number of rotatable bonds is 5. The fraction of sp³-hybridized carbons (Fsp3) is 0.333. The van der Waals surface area contributed by atoms with Gasteiger partial charge in [0.2, 0.25) is 0 Å². The van der Waals surface area contributed by atoms with Crippen molar-refractivity contribution in [1.29, 1.82) is 0 Å². The molecule has 1 aromatic carbocycles. The quantitative estimate of drug-likeness (QED) is 0.745. The molecule has 1 heterocycles. The number of benzene rings is 1. The molecule has 2 aromatic rings. The molecule has 0 amide bonds. The van der Waals surface area contributed by atoms with E-state index in [0.717, 1.165) is 11.8 Å². The number of nitrogens with zero attached hydrogens (tertiary/aromatic N) is 1. The number of ether oxygens (including phenoxy) is 1. The van der Waals surface area contributed by atoms with Crippen LogP contribution in [0.15, 0.2) is 30.5 Å². The molecule has 0 saturated heterocycles. The van der Waals surface area contributed by atoms with E-state index in [-0.39, 0.29) is 51.4 Å². The van der Waals surface area contributed by atoms with Crippen molar-refractivity contribution >= 4 is 17.9 Å². The Morgan fingerprint density at radius 1 is 1.21 bits per heavy atom. The molecular weight excluding hydrogens is 281 g/mol. The maximum absolute atomic E-state index is 12.4. The summed E-state index contributed by atoms with van der Waals surface area (Å²) in [6.07, 6.45) is 1.46. The fourth-order valence-electron chi connectivity index (χ4n) is 1.87. The second-order valence-corrected chi connectivity index (χ2v) is 4.25. The maximum Gasteiger partial charge on any atom is 1.00 e. The molecular formula is C12H14BF3KNO. The van der Waals surface area contributed by atoms with Crippen LogP contribution >= 0.6 is 0 Å². The molecule has 0 spiro atoms. The molecule has 7 heteroatoms. The van der Waals surface area contributed by atoms with Crippen LogP contribution in [0.3, 0.4) is 0 Å². The van der Waals surface area contributed by atoms with Gasteiger partial charge in [-0.25, -0.2) is 0 Å². The molecule has 0 aliphatic rings. The number of aromatic nitrogens is 1. The standard InChI is InChI=1S/C12H14BF3NO.K/c1-2-7-18-11-3-4-12-10(8-11)5-6-17(12)9-13(14,15)16;/h3-6,8H,2,7,9H2,1H3;/q-1;+1. The van der Waals surface area contributed by atoms with Crippen LogP contribution < -0.4 is 56.1 Å². The number of hydrogen-bond acceptors (Lipinski definition) is 1. The third kappa shape index (κ3) is 4.82. The van der Waals surface area contributed by atoms with Crippen molar-refractivity contribution in [3.8, 4) is 5.75 Å². The SMILES string of the molecule is CCCOc1ccc2c(ccn2C[B-](F)(F)F)c1.[K+]. The summed E-state index contributed by atoms with van der Waals surface area (Å²) in [4.78, 5) is 0. The Hall–Kier alpha value is 0.0513. The van der Waals surface area contributed by atoms with Crippen molar-refractivity contribution in [2.24, 2.45) is 0 Å². The summed E-state index contributed by atoms with van der Waals surface area (Å²) >= 11 is 0. The van der Waals surface area contributed by atoms with Gasteiger partial charge in [-0.15, -0.1) is 0 Å². The van der Waals surface area contributed by atoms with Gasteiger partial charge in [-0.3, -0.25) is 0 Å². The zero-order valence-electron chi connectivity index (χ0n) is 11.1. The summed E-state index contributed by atoms with van der Waals surface area (Å²) in [5.41, 5.74) is 0.582. The van der Waals surface area contributed by atoms with E-state index in [4.69, 9.17) is 4.74 Å². The number of halogens is 3. The summed E-state index contributed by atoms with van der Waals surface area (Å²) in [6, 6.07) is 6.82. The Bertz CT molecular complexity index is 541. The Morgan fingerprint density at radius 2 is 1.95 bits per heavy atom. The van der Waals surface area contributed by atoms with Crippen molar-refractivity contribution in [2.45, 2.75) is 19.8 Å². The Kier molecular flexibility index (Phi) is 6.46. The van der Waals surface area contributed by atoms with E-state index in [1.807, 2.05) is 6.92 Å².